The molecule has 90 heavy (non-hydrogen) atoms. The van der Waals surface area contributed by atoms with Crippen molar-refractivity contribution in [3.05, 3.63) is 0 Å². The van der Waals surface area contributed by atoms with Crippen LogP contribution < -0.4 is 16.0 Å². The van der Waals surface area contributed by atoms with Crippen molar-refractivity contribution < 1.29 is 129 Å². The maximum atomic E-state index is 13.3. The molecule has 3 aliphatic rings. The van der Waals surface area contributed by atoms with Gasteiger partial charge in [0.25, 0.3) is 0 Å². The first-order chi connectivity index (χ1) is 42.3. The molecule has 30 heteroatoms. The Bertz CT molecular complexity index is 2350. The Morgan fingerprint density at radius 3 is 0.756 bits per heavy atom. The smallest absolute Gasteiger partial charge is 0.307 e. The van der Waals surface area contributed by atoms with Crippen LogP contribution in [0.2, 0.25) is 0 Å². The number of esters is 9. The fourth-order valence-electron chi connectivity index (χ4n) is 7.83. The van der Waals surface area contributed by atoms with Gasteiger partial charge in [0, 0.05) is 19.3 Å². The Morgan fingerprint density at radius 2 is 0.544 bits per heavy atom. The summed E-state index contributed by atoms with van der Waals surface area (Å²) in [5.41, 5.74) is -5.66. The first-order valence-electron chi connectivity index (χ1n) is 28.8. The summed E-state index contributed by atoms with van der Waals surface area (Å²) in [6.07, 6.45) is 10.3. The van der Waals surface area contributed by atoms with E-state index in [4.69, 9.17) is 90.3 Å². The van der Waals surface area contributed by atoms with E-state index >= 15 is 0 Å². The molecule has 500 valence electrons. The number of carbonyl (C=O) groups is 12. The van der Waals surface area contributed by atoms with Gasteiger partial charge in [-0.25, -0.2) is 0 Å². The summed E-state index contributed by atoms with van der Waals surface area (Å²) in [6, 6.07) is 0. The lowest BCUT2D eigenvalue weighted by Crippen LogP contribution is -2.63. The summed E-state index contributed by atoms with van der Waals surface area (Å²) < 4.78 is 81.8. The molecule has 0 unspecified atom stereocenters. The summed E-state index contributed by atoms with van der Waals surface area (Å²) in [7, 11) is 0. The third-order valence-electron chi connectivity index (χ3n) is 13.5. The SMILES string of the molecule is C#CCOC(=O)CCC(=O)NC1(COC(=O)CCC(=O)OCC(CC)(COC(=O)CCC(=O)OCC2(NC(=O)CCC(=O)OCC#C)COC(C)(C)OC2)COC(=O)CCC(=O)OCC2(NC(=O)CCC(=O)OCC#C)COC(C)(C)OC2)COC(C)(C)OC1. The molecule has 30 nitrogen and oxygen atoms in total. The van der Waals surface area contributed by atoms with E-state index in [-0.39, 0.29) is 104 Å². The first kappa shape index (κ1) is 76.3. The third-order valence-corrected chi connectivity index (χ3v) is 13.5. The summed E-state index contributed by atoms with van der Waals surface area (Å²) >= 11 is 0. The van der Waals surface area contributed by atoms with Gasteiger partial charge < -0.3 is 87.0 Å². The quantitative estimate of drug-likeness (QED) is 0.0439. The summed E-state index contributed by atoms with van der Waals surface area (Å²) in [6.45, 7) is 6.45. The molecular weight excluding hydrogens is 1190 g/mol. The number of hydrogen-bond acceptors (Lipinski definition) is 27. The standard InChI is InChI=1S/C60H83N3O27/c1-11-27-76-45(67)18-15-42(64)61-58(36-85-54(5,6)86-37-58)33-82-51(73)24-21-48(70)79-30-57(14-4,31-80-49(71)22-25-52(74)83-34-59(38-87-55(7,8)88-39-59)62-43(65)16-19-46(68)77-28-12-2)32-81-50(72)23-26-53(75)84-35-60(40-89-56(9,10)90-41-60)63-44(66)17-20-47(69)78-29-13-3/h1-3H,14-41H2,4-10H3,(H,61,64)(H,62,65)(H,63,66). The maximum absolute atomic E-state index is 13.3. The van der Waals surface area contributed by atoms with Crippen molar-refractivity contribution in [1.29, 1.82) is 0 Å². The molecule has 0 atom stereocenters. The van der Waals surface area contributed by atoms with E-state index in [9.17, 15) is 57.5 Å². The molecule has 3 saturated heterocycles. The predicted octanol–water partition coefficient (Wildman–Crippen LogP) is 0.766. The lowest BCUT2D eigenvalue weighted by atomic mass is 9.88. The van der Waals surface area contributed by atoms with Crippen molar-refractivity contribution in [3.63, 3.8) is 0 Å². The van der Waals surface area contributed by atoms with Crippen molar-refractivity contribution in [3.8, 4) is 37.0 Å². The van der Waals surface area contributed by atoms with Gasteiger partial charge in [-0.3, -0.25) is 57.5 Å². The van der Waals surface area contributed by atoms with Gasteiger partial charge in [0.2, 0.25) is 17.7 Å². The van der Waals surface area contributed by atoms with E-state index in [1.54, 1.807) is 48.5 Å². The van der Waals surface area contributed by atoms with Crippen LogP contribution in [-0.4, -0.2) is 205 Å². The van der Waals surface area contributed by atoms with Crippen LogP contribution in [0.3, 0.4) is 0 Å². The highest BCUT2D eigenvalue weighted by Crippen LogP contribution is 2.29. The maximum Gasteiger partial charge on any atom is 0.307 e. The van der Waals surface area contributed by atoms with Crippen LogP contribution >= 0.6 is 0 Å². The van der Waals surface area contributed by atoms with Crippen LogP contribution in [0.15, 0.2) is 0 Å². The minimum atomic E-state index is -1.48. The molecular formula is C60H83N3O27. The Labute approximate surface area is 522 Å². The summed E-state index contributed by atoms with van der Waals surface area (Å²) in [4.78, 5) is 154. The van der Waals surface area contributed by atoms with Crippen LogP contribution in [0.5, 0.6) is 0 Å². The van der Waals surface area contributed by atoms with Gasteiger partial charge in [-0.15, -0.1) is 19.3 Å². The number of amides is 3. The van der Waals surface area contributed by atoms with Crippen molar-refractivity contribution in [2.45, 2.75) is 166 Å². The molecule has 3 heterocycles. The Morgan fingerprint density at radius 1 is 0.344 bits per heavy atom. The number of nitrogens with one attached hydrogen (secondary N) is 3. The van der Waals surface area contributed by atoms with E-state index in [2.05, 4.69) is 33.7 Å². The number of terminal acetylenes is 3. The Balaban J connectivity index is 1.68. The number of rotatable bonds is 37. The molecule has 0 radical (unpaired) electrons. The van der Waals surface area contributed by atoms with Gasteiger partial charge in [0.15, 0.2) is 37.2 Å². The van der Waals surface area contributed by atoms with E-state index in [0.29, 0.717) is 0 Å². The van der Waals surface area contributed by atoms with E-state index < -0.39 is 189 Å². The highest BCUT2D eigenvalue weighted by molar-refractivity contribution is 5.84. The minimum Gasteiger partial charge on any atom is -0.465 e. The van der Waals surface area contributed by atoms with Gasteiger partial charge in [-0.1, -0.05) is 24.7 Å². The monoisotopic (exact) mass is 1280 g/mol. The van der Waals surface area contributed by atoms with E-state index in [0.717, 1.165) is 0 Å². The average molecular weight is 1280 g/mol. The molecule has 3 aliphatic heterocycles. The van der Waals surface area contributed by atoms with Crippen molar-refractivity contribution >= 4 is 71.4 Å². The molecule has 0 spiro atoms. The fourth-order valence-corrected chi connectivity index (χ4v) is 7.83. The van der Waals surface area contributed by atoms with Crippen LogP contribution in [-0.2, 0) is 129 Å². The van der Waals surface area contributed by atoms with Crippen molar-refractivity contribution in [2.24, 2.45) is 5.41 Å². The first-order valence-corrected chi connectivity index (χ1v) is 28.8. The van der Waals surface area contributed by atoms with Crippen LogP contribution in [0.1, 0.15) is 132 Å². The topological polar surface area (TPSA) is 379 Å². The second-order valence-electron chi connectivity index (χ2n) is 22.8. The van der Waals surface area contributed by atoms with Gasteiger partial charge in [0.05, 0.1) is 103 Å². The van der Waals surface area contributed by atoms with Gasteiger partial charge in [0.1, 0.15) is 56.3 Å². The van der Waals surface area contributed by atoms with E-state index in [1.165, 1.54) is 0 Å². The lowest BCUT2D eigenvalue weighted by molar-refractivity contribution is -0.275. The van der Waals surface area contributed by atoms with Crippen LogP contribution in [0, 0.1) is 42.4 Å². The molecule has 3 amide bonds. The third kappa shape index (κ3) is 29.6. The molecule has 0 aromatic carbocycles. The number of carbonyl (C=O) groups excluding carboxylic acids is 12. The highest BCUT2D eigenvalue weighted by Gasteiger charge is 2.46. The normalized spacial score (nSPS) is 17.2. The molecule has 0 saturated carbocycles. The molecule has 3 rings (SSSR count). The van der Waals surface area contributed by atoms with Crippen LogP contribution in [0.25, 0.3) is 0 Å². The Kier molecular flexibility index (Phi) is 31.1. The molecule has 3 fully saturated rings. The van der Waals surface area contributed by atoms with Crippen LogP contribution in [0.4, 0.5) is 0 Å². The largest absolute Gasteiger partial charge is 0.465 e. The van der Waals surface area contributed by atoms with Crippen molar-refractivity contribution in [1.82, 2.24) is 16.0 Å². The van der Waals surface area contributed by atoms with Gasteiger partial charge in [-0.2, -0.15) is 0 Å². The minimum absolute atomic E-state index is 0.00942. The highest BCUT2D eigenvalue weighted by atomic mass is 16.7. The molecule has 0 aromatic heterocycles. The van der Waals surface area contributed by atoms with Gasteiger partial charge in [-0.05, 0) is 48.0 Å². The summed E-state index contributed by atoms with van der Waals surface area (Å²) in [5, 5.41) is 8.07. The molecule has 3 N–H and O–H groups in total. The predicted molar refractivity (Wildman–Crippen MR) is 304 cm³/mol. The molecule has 0 aliphatic carbocycles. The number of hydrogen-bond donors (Lipinski definition) is 3. The van der Waals surface area contributed by atoms with E-state index in [1.807, 2.05) is 0 Å². The van der Waals surface area contributed by atoms with Gasteiger partial charge >= 0.3 is 53.7 Å². The number of ether oxygens (including phenoxy) is 15. The summed E-state index contributed by atoms with van der Waals surface area (Å²) in [5.74, 6) is -6.22. The zero-order valence-corrected chi connectivity index (χ0v) is 52.1. The lowest BCUT2D eigenvalue weighted by Gasteiger charge is -2.43. The Hall–Kier alpha value is -7.92. The zero-order valence-electron chi connectivity index (χ0n) is 52.1. The molecule has 0 aromatic rings. The average Bonchev–Trinajstić information content (AvgIpc) is 1.01. The van der Waals surface area contributed by atoms with Crippen molar-refractivity contribution in [2.75, 3.05) is 99.1 Å². The molecule has 0 bridgehead atoms. The second-order valence-corrected chi connectivity index (χ2v) is 22.8. The second kappa shape index (κ2) is 36.7. The zero-order chi connectivity index (χ0) is 67.1. The fraction of sp³-hybridized carbons (Fsp3) is 0.700.